The van der Waals surface area contributed by atoms with Crippen molar-refractivity contribution < 1.29 is 14.6 Å². The normalized spacial score (nSPS) is 11.3. The van der Waals surface area contributed by atoms with Crippen LogP contribution in [0, 0.1) is 0 Å². The molecule has 0 aliphatic heterocycles. The number of pyridine rings is 1. The number of nitrogens with one attached hydrogen (secondary N) is 2. The molecule has 6 nitrogen and oxygen atoms in total. The number of amides is 1. The number of benzene rings is 3. The third-order valence-electron chi connectivity index (χ3n) is 5.70. The minimum atomic E-state index is -0.519. The van der Waals surface area contributed by atoms with Crippen molar-refractivity contribution in [2.24, 2.45) is 0 Å². The van der Waals surface area contributed by atoms with Crippen LogP contribution in [0.5, 0.6) is 5.88 Å². The zero-order valence-electron chi connectivity index (χ0n) is 20.5. The highest BCUT2D eigenvalue weighted by Gasteiger charge is 2.08. The number of aliphatic hydroxyl groups is 1. The summed E-state index contributed by atoms with van der Waals surface area (Å²) in [6.45, 7) is 1.69. The van der Waals surface area contributed by atoms with Gasteiger partial charge in [0.25, 0.3) is 0 Å². The quantitative estimate of drug-likeness (QED) is 0.227. The molecule has 1 amide bonds. The van der Waals surface area contributed by atoms with E-state index in [1.807, 2.05) is 97.1 Å². The zero-order valence-corrected chi connectivity index (χ0v) is 21.4. The van der Waals surface area contributed by atoms with Crippen LogP contribution in [-0.2, 0) is 24.2 Å². The molecule has 4 aromatic rings. The Morgan fingerprint density at radius 2 is 1.54 bits per heavy atom. The zero-order chi connectivity index (χ0) is 25.0. The molecule has 7 heteroatoms. The Kier molecular flexibility index (Phi) is 11.1. The molecular formula is C30H32ClN3O3. The van der Waals surface area contributed by atoms with E-state index in [0.717, 1.165) is 35.3 Å². The summed E-state index contributed by atoms with van der Waals surface area (Å²) in [4.78, 5) is 17.0. The molecule has 3 aromatic carbocycles. The third-order valence-corrected chi connectivity index (χ3v) is 5.70. The van der Waals surface area contributed by atoms with Gasteiger partial charge in [0.1, 0.15) is 6.61 Å². The van der Waals surface area contributed by atoms with E-state index in [2.05, 4.69) is 15.6 Å². The van der Waals surface area contributed by atoms with Crippen molar-refractivity contribution in [2.75, 3.05) is 18.4 Å². The maximum atomic E-state index is 12.5. The fourth-order valence-electron chi connectivity index (χ4n) is 3.76. The van der Waals surface area contributed by atoms with Gasteiger partial charge in [-0.15, -0.1) is 12.4 Å². The van der Waals surface area contributed by atoms with Crippen molar-refractivity contribution in [3.63, 3.8) is 0 Å². The molecule has 0 saturated carbocycles. The predicted octanol–water partition coefficient (Wildman–Crippen LogP) is 5.13. The van der Waals surface area contributed by atoms with Gasteiger partial charge >= 0.3 is 0 Å². The van der Waals surface area contributed by atoms with Gasteiger partial charge in [0.05, 0.1) is 18.2 Å². The average molecular weight is 518 g/mol. The summed E-state index contributed by atoms with van der Waals surface area (Å²) in [5.74, 6) is 0.366. The number of halogens is 1. The molecule has 3 N–H and O–H groups in total. The third kappa shape index (κ3) is 9.35. The first-order valence-electron chi connectivity index (χ1n) is 12.1. The SMILES string of the molecule is Cl.O=C(Cc1cccc(OCc2ccccc2)n1)Nc1ccc(CCNCC(O)c2ccccc2)cc1. The standard InChI is InChI=1S/C30H31N3O3.ClH/c34-28(25-10-5-2-6-11-25)21-31-19-18-23-14-16-26(17-15-23)32-29(35)20-27-12-7-13-30(33-27)36-22-24-8-3-1-4-9-24;/h1-17,28,31,34H,18-22H2,(H,32,35);1H. The van der Waals surface area contributed by atoms with Crippen LogP contribution in [0.25, 0.3) is 0 Å². The molecule has 0 radical (unpaired) electrons. The molecule has 0 fully saturated rings. The smallest absolute Gasteiger partial charge is 0.230 e. The van der Waals surface area contributed by atoms with E-state index in [1.165, 1.54) is 0 Å². The van der Waals surface area contributed by atoms with E-state index < -0.39 is 6.10 Å². The Morgan fingerprint density at radius 3 is 2.27 bits per heavy atom. The van der Waals surface area contributed by atoms with Gasteiger partial charge in [-0.05, 0) is 47.9 Å². The van der Waals surface area contributed by atoms with Gasteiger partial charge in [-0.3, -0.25) is 4.79 Å². The van der Waals surface area contributed by atoms with Crippen molar-refractivity contribution in [3.05, 3.63) is 126 Å². The second-order valence-corrected chi connectivity index (χ2v) is 8.54. The average Bonchev–Trinajstić information content (AvgIpc) is 2.92. The lowest BCUT2D eigenvalue weighted by molar-refractivity contribution is -0.115. The van der Waals surface area contributed by atoms with Gasteiger partial charge in [0, 0.05) is 18.3 Å². The molecule has 0 bridgehead atoms. The molecule has 4 rings (SSSR count). The lowest BCUT2D eigenvalue weighted by Crippen LogP contribution is -2.23. The van der Waals surface area contributed by atoms with E-state index in [0.29, 0.717) is 24.7 Å². The van der Waals surface area contributed by atoms with Crippen LogP contribution in [0.1, 0.15) is 28.5 Å². The first kappa shape index (κ1) is 27.9. The van der Waals surface area contributed by atoms with Crippen molar-refractivity contribution in [3.8, 4) is 5.88 Å². The fourth-order valence-corrected chi connectivity index (χ4v) is 3.76. The first-order chi connectivity index (χ1) is 17.7. The van der Waals surface area contributed by atoms with E-state index in [-0.39, 0.29) is 24.7 Å². The lowest BCUT2D eigenvalue weighted by Gasteiger charge is -2.12. The second-order valence-electron chi connectivity index (χ2n) is 8.54. The van der Waals surface area contributed by atoms with Crippen molar-refractivity contribution >= 4 is 24.0 Å². The highest BCUT2D eigenvalue weighted by atomic mass is 35.5. The fraction of sp³-hybridized carbons (Fsp3) is 0.200. The molecular weight excluding hydrogens is 486 g/mol. The summed E-state index contributed by atoms with van der Waals surface area (Å²) in [5, 5.41) is 16.4. The van der Waals surface area contributed by atoms with E-state index in [1.54, 1.807) is 6.07 Å². The number of carbonyl (C=O) groups is 1. The van der Waals surface area contributed by atoms with Crippen LogP contribution < -0.4 is 15.4 Å². The molecule has 37 heavy (non-hydrogen) atoms. The lowest BCUT2D eigenvalue weighted by atomic mass is 10.1. The highest BCUT2D eigenvalue weighted by Crippen LogP contribution is 2.14. The van der Waals surface area contributed by atoms with Crippen LogP contribution in [0.2, 0.25) is 0 Å². The van der Waals surface area contributed by atoms with E-state index in [9.17, 15) is 9.90 Å². The van der Waals surface area contributed by atoms with Crippen molar-refractivity contribution in [1.29, 1.82) is 0 Å². The van der Waals surface area contributed by atoms with Crippen LogP contribution >= 0.6 is 12.4 Å². The van der Waals surface area contributed by atoms with Gasteiger partial charge in [0.15, 0.2) is 0 Å². The molecule has 0 saturated heterocycles. The summed E-state index contributed by atoms with van der Waals surface area (Å²) in [6, 6.07) is 32.8. The highest BCUT2D eigenvalue weighted by molar-refractivity contribution is 5.92. The van der Waals surface area contributed by atoms with E-state index >= 15 is 0 Å². The predicted molar refractivity (Wildman–Crippen MR) is 149 cm³/mol. The van der Waals surface area contributed by atoms with Crippen molar-refractivity contribution in [2.45, 2.75) is 25.6 Å². The maximum absolute atomic E-state index is 12.5. The first-order valence-corrected chi connectivity index (χ1v) is 12.1. The molecule has 0 aliphatic carbocycles. The largest absolute Gasteiger partial charge is 0.473 e. The Morgan fingerprint density at radius 1 is 0.838 bits per heavy atom. The van der Waals surface area contributed by atoms with E-state index in [4.69, 9.17) is 4.74 Å². The molecule has 1 unspecified atom stereocenters. The number of hydrogen-bond acceptors (Lipinski definition) is 5. The minimum absolute atomic E-state index is 0. The number of aliphatic hydroxyl groups excluding tert-OH is 1. The van der Waals surface area contributed by atoms with Crippen LogP contribution in [0.3, 0.4) is 0 Å². The summed E-state index contributed by atoms with van der Waals surface area (Å²) in [6.07, 6.45) is 0.474. The number of anilines is 1. The summed E-state index contributed by atoms with van der Waals surface area (Å²) in [5.41, 5.74) is 4.52. The molecule has 1 heterocycles. The minimum Gasteiger partial charge on any atom is -0.473 e. The molecule has 0 aliphatic rings. The Balaban J connectivity index is 0.00000380. The van der Waals surface area contributed by atoms with Crippen LogP contribution in [-0.4, -0.2) is 29.1 Å². The van der Waals surface area contributed by atoms with Crippen molar-refractivity contribution in [1.82, 2.24) is 10.3 Å². The Bertz CT molecular complexity index is 1220. The number of rotatable bonds is 12. The summed E-state index contributed by atoms with van der Waals surface area (Å²) < 4.78 is 5.76. The van der Waals surface area contributed by atoms with Gasteiger partial charge in [0.2, 0.25) is 11.8 Å². The number of aromatic nitrogens is 1. The second kappa shape index (κ2) is 14.8. The van der Waals surface area contributed by atoms with Crippen LogP contribution in [0.4, 0.5) is 5.69 Å². The molecule has 192 valence electrons. The van der Waals surface area contributed by atoms with Gasteiger partial charge in [-0.2, -0.15) is 0 Å². The Hall–Kier alpha value is -3.71. The van der Waals surface area contributed by atoms with Gasteiger partial charge in [-0.25, -0.2) is 4.98 Å². The number of nitrogens with zero attached hydrogens (tertiary/aromatic N) is 1. The number of ether oxygens (including phenoxy) is 1. The van der Waals surface area contributed by atoms with Gasteiger partial charge < -0.3 is 20.5 Å². The monoisotopic (exact) mass is 517 g/mol. The topological polar surface area (TPSA) is 83.5 Å². The van der Waals surface area contributed by atoms with Gasteiger partial charge in [-0.1, -0.05) is 78.9 Å². The molecule has 1 atom stereocenters. The number of carbonyl (C=O) groups excluding carboxylic acids is 1. The summed E-state index contributed by atoms with van der Waals surface area (Å²) >= 11 is 0. The number of hydrogen-bond donors (Lipinski definition) is 3. The van der Waals surface area contributed by atoms with Crippen LogP contribution in [0.15, 0.2) is 103 Å². The summed E-state index contributed by atoms with van der Waals surface area (Å²) in [7, 11) is 0. The Labute approximate surface area is 224 Å². The molecule has 1 aromatic heterocycles. The molecule has 0 spiro atoms. The maximum Gasteiger partial charge on any atom is 0.230 e.